The second kappa shape index (κ2) is 7.90. The van der Waals surface area contributed by atoms with Crippen molar-refractivity contribution in [1.82, 2.24) is 15.4 Å². The first kappa shape index (κ1) is 18.9. The molecule has 1 amide bonds. The molecule has 1 fully saturated rings. The van der Waals surface area contributed by atoms with Gasteiger partial charge in [0.2, 0.25) is 0 Å². The van der Waals surface area contributed by atoms with Crippen molar-refractivity contribution in [2.45, 2.75) is 38.0 Å². The van der Waals surface area contributed by atoms with Gasteiger partial charge in [-0.05, 0) is 42.4 Å². The van der Waals surface area contributed by atoms with Gasteiger partial charge >= 0.3 is 0 Å². The molecule has 3 aromatic rings. The summed E-state index contributed by atoms with van der Waals surface area (Å²) in [6.45, 7) is 1.99. The molecule has 2 aromatic heterocycles. The van der Waals surface area contributed by atoms with Gasteiger partial charge in [-0.3, -0.25) is 14.8 Å². The second-order valence-corrected chi connectivity index (χ2v) is 8.86. The molecule has 1 aliphatic rings. The predicted octanol–water partition coefficient (Wildman–Crippen LogP) is 4.64. The van der Waals surface area contributed by atoms with Crippen LogP contribution in [0.4, 0.5) is 0 Å². The molecule has 1 saturated carbocycles. The van der Waals surface area contributed by atoms with E-state index in [1.165, 1.54) is 11.3 Å². The molecule has 0 bridgehead atoms. The minimum atomic E-state index is -0.554. The molecule has 28 heavy (non-hydrogen) atoms. The van der Waals surface area contributed by atoms with Crippen molar-refractivity contribution >= 4 is 34.4 Å². The highest BCUT2D eigenvalue weighted by Crippen LogP contribution is 2.46. The van der Waals surface area contributed by atoms with Crippen LogP contribution in [0.2, 0.25) is 0 Å². The predicted molar refractivity (Wildman–Crippen MR) is 108 cm³/mol. The molecule has 0 saturated heterocycles. The lowest BCUT2D eigenvalue weighted by atomic mass is 9.93. The summed E-state index contributed by atoms with van der Waals surface area (Å²) in [5, 5.41) is 12.3. The molecule has 8 heteroatoms. The van der Waals surface area contributed by atoms with E-state index >= 15 is 0 Å². The number of rotatable bonds is 7. The lowest BCUT2D eigenvalue weighted by molar-refractivity contribution is 0.0706. The summed E-state index contributed by atoms with van der Waals surface area (Å²) >= 11 is 3.13. The van der Waals surface area contributed by atoms with Gasteiger partial charge in [0.1, 0.15) is 5.69 Å². The summed E-state index contributed by atoms with van der Waals surface area (Å²) in [4.78, 5) is 34.5. The Hall–Kier alpha value is -2.42. The topological polar surface area (TPSA) is 92.2 Å². The number of amides is 1. The van der Waals surface area contributed by atoms with Crippen LogP contribution in [0, 0.1) is 0 Å². The second-order valence-electron chi connectivity index (χ2n) is 6.93. The molecule has 2 heterocycles. The number of nitrogens with one attached hydrogen (secondary N) is 1. The first-order valence-corrected chi connectivity index (χ1v) is 10.7. The van der Waals surface area contributed by atoms with Crippen LogP contribution in [0.3, 0.4) is 0 Å². The summed E-state index contributed by atoms with van der Waals surface area (Å²) in [5.41, 5.74) is 3.55. The van der Waals surface area contributed by atoms with E-state index in [2.05, 4.69) is 9.97 Å². The Morgan fingerprint density at radius 2 is 2.00 bits per heavy atom. The van der Waals surface area contributed by atoms with Gasteiger partial charge in [-0.2, -0.15) is 0 Å². The molecular weight excluding hydrogens is 394 g/mol. The summed E-state index contributed by atoms with van der Waals surface area (Å²) in [7, 11) is 0. The van der Waals surface area contributed by atoms with Gasteiger partial charge in [-0.1, -0.05) is 19.1 Å². The van der Waals surface area contributed by atoms with Gasteiger partial charge < -0.3 is 0 Å². The van der Waals surface area contributed by atoms with E-state index in [9.17, 15) is 9.59 Å². The van der Waals surface area contributed by atoms with Gasteiger partial charge in [0, 0.05) is 28.4 Å². The maximum atomic E-state index is 13.0. The zero-order valence-corrected chi connectivity index (χ0v) is 16.8. The zero-order valence-electron chi connectivity index (χ0n) is 15.2. The van der Waals surface area contributed by atoms with Crippen molar-refractivity contribution < 1.29 is 14.8 Å². The van der Waals surface area contributed by atoms with E-state index in [4.69, 9.17) is 5.21 Å². The fourth-order valence-electron chi connectivity index (χ4n) is 3.09. The van der Waals surface area contributed by atoms with Crippen LogP contribution < -0.4 is 5.48 Å². The number of benzene rings is 1. The number of nitrogens with zero attached hydrogens (tertiary/aromatic N) is 2. The van der Waals surface area contributed by atoms with Gasteiger partial charge in [0.15, 0.2) is 15.8 Å². The summed E-state index contributed by atoms with van der Waals surface area (Å²) in [6, 6.07) is 6.90. The van der Waals surface area contributed by atoms with Gasteiger partial charge in [0.25, 0.3) is 5.91 Å². The molecule has 144 valence electrons. The van der Waals surface area contributed by atoms with E-state index in [0.717, 1.165) is 33.3 Å². The minimum absolute atomic E-state index is 0.00389. The summed E-state index contributed by atoms with van der Waals surface area (Å²) < 4.78 is 0. The Labute approximate surface area is 170 Å². The molecule has 2 N–H and O–H groups in total. The quantitative estimate of drug-likeness (QED) is 0.334. The largest absolute Gasteiger partial charge is 0.292 e. The van der Waals surface area contributed by atoms with Crippen molar-refractivity contribution in [2.75, 3.05) is 0 Å². The highest BCUT2D eigenvalue weighted by molar-refractivity contribution is 7.20. The average molecular weight is 414 g/mol. The first-order chi connectivity index (χ1) is 13.6. The minimum Gasteiger partial charge on any atom is -0.292 e. The fourth-order valence-corrected chi connectivity index (χ4v) is 5.03. The Morgan fingerprint density at radius 3 is 2.61 bits per heavy atom. The maximum absolute atomic E-state index is 13.0. The normalized spacial score (nSPS) is 14.6. The molecule has 0 radical (unpaired) electrons. The molecule has 6 nitrogen and oxygen atoms in total. The zero-order chi connectivity index (χ0) is 19.7. The Balaban J connectivity index is 1.52. The molecule has 0 aliphatic heterocycles. The molecule has 1 aromatic carbocycles. The number of hydrogen-bond donors (Lipinski definition) is 2. The van der Waals surface area contributed by atoms with Crippen molar-refractivity contribution in [3.8, 4) is 10.0 Å². The lowest BCUT2D eigenvalue weighted by Crippen LogP contribution is -2.18. The highest BCUT2D eigenvalue weighted by atomic mass is 32.1. The van der Waals surface area contributed by atoms with Crippen LogP contribution in [0.5, 0.6) is 0 Å². The third-order valence-electron chi connectivity index (χ3n) is 4.82. The van der Waals surface area contributed by atoms with Crippen LogP contribution in [0.1, 0.15) is 69.3 Å². The SMILES string of the molecule is C[C@@H](CC(=O)c1nc(-c2nccs2)sc1C1CC1)c1ccc(C(=O)NO)cc1. The number of Topliss-reactive ketones (excluding diaryl/α,β-unsaturated/α-hetero) is 1. The van der Waals surface area contributed by atoms with Crippen molar-refractivity contribution in [2.24, 2.45) is 0 Å². The lowest BCUT2D eigenvalue weighted by Gasteiger charge is -2.11. The number of carbonyl (C=O) groups is 2. The average Bonchev–Trinajstić information content (AvgIpc) is 3.23. The molecule has 0 unspecified atom stereocenters. The van der Waals surface area contributed by atoms with Gasteiger partial charge in [0.05, 0.1) is 0 Å². The number of hydroxylamine groups is 1. The van der Waals surface area contributed by atoms with Crippen LogP contribution in [-0.4, -0.2) is 26.9 Å². The Bertz CT molecular complexity index is 992. The van der Waals surface area contributed by atoms with Gasteiger partial charge in [-0.25, -0.2) is 15.4 Å². The number of thiazole rings is 2. The van der Waals surface area contributed by atoms with Crippen LogP contribution in [0.25, 0.3) is 10.0 Å². The maximum Gasteiger partial charge on any atom is 0.274 e. The van der Waals surface area contributed by atoms with Crippen LogP contribution >= 0.6 is 22.7 Å². The summed E-state index contributed by atoms with van der Waals surface area (Å²) in [6.07, 6.45) is 4.34. The number of hydrogen-bond acceptors (Lipinski definition) is 7. The smallest absolute Gasteiger partial charge is 0.274 e. The third kappa shape index (κ3) is 3.89. The number of aromatic nitrogens is 2. The van der Waals surface area contributed by atoms with E-state index in [1.807, 2.05) is 24.4 Å². The number of carbonyl (C=O) groups excluding carboxylic acids is 2. The summed E-state index contributed by atoms with van der Waals surface area (Å²) in [5.74, 6) is -0.0558. The van der Waals surface area contributed by atoms with Crippen molar-refractivity contribution in [1.29, 1.82) is 0 Å². The van der Waals surface area contributed by atoms with Crippen molar-refractivity contribution in [3.05, 3.63) is 57.5 Å². The molecule has 1 atom stereocenters. The Morgan fingerprint density at radius 1 is 1.25 bits per heavy atom. The van der Waals surface area contributed by atoms with E-state index in [0.29, 0.717) is 23.6 Å². The Kier molecular flexibility index (Phi) is 5.34. The molecular formula is C20H19N3O3S2. The standard InChI is InChI=1S/C20H19N3O3S2/c1-11(12-2-6-14(7-3-12)18(25)23-26)10-15(24)16-17(13-4-5-13)28-20(22-16)19-21-8-9-27-19/h2-3,6-9,11,13,26H,4-5,10H2,1H3,(H,23,25)/t11-/m0/s1. The van der Waals surface area contributed by atoms with Crippen molar-refractivity contribution in [3.63, 3.8) is 0 Å². The van der Waals surface area contributed by atoms with E-state index < -0.39 is 5.91 Å². The van der Waals surface area contributed by atoms with E-state index in [1.54, 1.807) is 35.1 Å². The molecule has 0 spiro atoms. The van der Waals surface area contributed by atoms with Gasteiger partial charge in [-0.15, -0.1) is 22.7 Å². The van der Waals surface area contributed by atoms with E-state index in [-0.39, 0.29) is 11.7 Å². The fraction of sp³-hybridized carbons (Fsp3) is 0.300. The van der Waals surface area contributed by atoms with Crippen LogP contribution in [0.15, 0.2) is 35.8 Å². The monoisotopic (exact) mass is 413 g/mol. The molecule has 4 rings (SSSR count). The highest BCUT2D eigenvalue weighted by Gasteiger charge is 2.32. The van der Waals surface area contributed by atoms with Crippen LogP contribution in [-0.2, 0) is 0 Å². The first-order valence-electron chi connectivity index (χ1n) is 9.05. The third-order valence-corrected chi connectivity index (χ3v) is 6.95. The molecule has 1 aliphatic carbocycles. The number of ketones is 1.